The van der Waals surface area contributed by atoms with Gasteiger partial charge in [-0.3, -0.25) is 4.79 Å². The van der Waals surface area contributed by atoms with Crippen LogP contribution < -0.4 is 10.6 Å². The van der Waals surface area contributed by atoms with Crippen LogP contribution in [0.3, 0.4) is 0 Å². The number of carbonyl (C=O) groups excluding carboxylic acids is 1. The Morgan fingerprint density at radius 1 is 1.40 bits per heavy atom. The summed E-state index contributed by atoms with van der Waals surface area (Å²) in [6.07, 6.45) is 0.429. The fourth-order valence-corrected chi connectivity index (χ4v) is 1.69. The number of amides is 2. The molecule has 1 rings (SSSR count). The number of rotatable bonds is 5. The lowest BCUT2D eigenvalue weighted by Crippen LogP contribution is -2.42. The van der Waals surface area contributed by atoms with E-state index in [2.05, 4.69) is 10.6 Å². The zero-order valence-electron chi connectivity index (χ0n) is 11.8. The van der Waals surface area contributed by atoms with E-state index in [1.165, 1.54) is 0 Å². The SMILES string of the molecule is CCC(C)(CNC(=O)Nc1cc(Cl)ccc1C)C(=O)O. The van der Waals surface area contributed by atoms with E-state index >= 15 is 0 Å². The molecule has 0 bridgehead atoms. The minimum Gasteiger partial charge on any atom is -0.481 e. The number of benzene rings is 1. The van der Waals surface area contributed by atoms with E-state index in [9.17, 15) is 9.59 Å². The lowest BCUT2D eigenvalue weighted by Gasteiger charge is -2.23. The number of urea groups is 1. The van der Waals surface area contributed by atoms with E-state index < -0.39 is 17.4 Å². The smallest absolute Gasteiger partial charge is 0.319 e. The number of nitrogens with one attached hydrogen (secondary N) is 2. The van der Waals surface area contributed by atoms with Crippen molar-refractivity contribution >= 4 is 29.3 Å². The number of hydrogen-bond donors (Lipinski definition) is 3. The second-order valence-corrected chi connectivity index (χ2v) is 5.42. The normalized spacial score (nSPS) is 13.4. The molecule has 3 N–H and O–H groups in total. The first-order valence-electron chi connectivity index (χ1n) is 6.33. The van der Waals surface area contributed by atoms with Crippen molar-refractivity contribution in [3.8, 4) is 0 Å². The molecule has 0 spiro atoms. The van der Waals surface area contributed by atoms with Gasteiger partial charge in [-0.1, -0.05) is 24.6 Å². The Hall–Kier alpha value is -1.75. The Kier molecular flexibility index (Phi) is 5.39. The molecular weight excluding hydrogens is 280 g/mol. The maximum absolute atomic E-state index is 11.8. The standard InChI is InChI=1S/C14H19ClN2O3/c1-4-14(3,12(18)19)8-16-13(20)17-11-7-10(15)6-5-9(11)2/h5-7H,4,8H2,1-3H3,(H,18,19)(H2,16,17,20). The van der Waals surface area contributed by atoms with E-state index in [0.29, 0.717) is 17.1 Å². The zero-order chi connectivity index (χ0) is 15.3. The van der Waals surface area contributed by atoms with Crippen molar-refractivity contribution in [1.82, 2.24) is 5.32 Å². The van der Waals surface area contributed by atoms with Gasteiger partial charge in [0.15, 0.2) is 0 Å². The maximum Gasteiger partial charge on any atom is 0.319 e. The summed E-state index contributed by atoms with van der Waals surface area (Å²) in [5, 5.41) is 14.9. The lowest BCUT2D eigenvalue weighted by atomic mass is 9.88. The van der Waals surface area contributed by atoms with Crippen molar-refractivity contribution in [3.05, 3.63) is 28.8 Å². The topological polar surface area (TPSA) is 78.4 Å². The van der Waals surface area contributed by atoms with Gasteiger partial charge in [0.05, 0.1) is 5.41 Å². The number of aliphatic carboxylic acids is 1. The highest BCUT2D eigenvalue weighted by atomic mass is 35.5. The van der Waals surface area contributed by atoms with Crippen molar-refractivity contribution < 1.29 is 14.7 Å². The van der Waals surface area contributed by atoms with Crippen LogP contribution in [0.5, 0.6) is 0 Å². The Bertz CT molecular complexity index is 519. The molecule has 0 fully saturated rings. The van der Waals surface area contributed by atoms with Gasteiger partial charge in [0.25, 0.3) is 0 Å². The quantitative estimate of drug-likeness (QED) is 0.780. The Labute approximate surface area is 123 Å². The Morgan fingerprint density at radius 3 is 2.60 bits per heavy atom. The molecule has 0 radical (unpaired) electrons. The highest BCUT2D eigenvalue weighted by Crippen LogP contribution is 2.21. The van der Waals surface area contributed by atoms with E-state index in [-0.39, 0.29) is 6.54 Å². The molecular formula is C14H19ClN2O3. The lowest BCUT2D eigenvalue weighted by molar-refractivity contribution is -0.147. The van der Waals surface area contributed by atoms with Crippen molar-refractivity contribution in [2.75, 3.05) is 11.9 Å². The number of anilines is 1. The molecule has 1 atom stereocenters. The van der Waals surface area contributed by atoms with Gasteiger partial charge in [-0.15, -0.1) is 0 Å². The van der Waals surface area contributed by atoms with Gasteiger partial charge >= 0.3 is 12.0 Å². The fraction of sp³-hybridized carbons (Fsp3) is 0.429. The van der Waals surface area contributed by atoms with Crippen LogP contribution in [-0.4, -0.2) is 23.7 Å². The number of carboxylic acids is 1. The van der Waals surface area contributed by atoms with E-state index in [1.54, 1.807) is 32.0 Å². The van der Waals surface area contributed by atoms with E-state index in [4.69, 9.17) is 16.7 Å². The molecule has 2 amide bonds. The summed E-state index contributed by atoms with van der Waals surface area (Å²) in [5.74, 6) is -0.931. The molecule has 0 heterocycles. The highest BCUT2D eigenvalue weighted by molar-refractivity contribution is 6.31. The van der Waals surface area contributed by atoms with Crippen LogP contribution >= 0.6 is 11.6 Å². The summed E-state index contributed by atoms with van der Waals surface area (Å²) >= 11 is 5.86. The third kappa shape index (κ3) is 4.13. The molecule has 0 aliphatic rings. The molecule has 110 valence electrons. The van der Waals surface area contributed by atoms with Crippen LogP contribution in [0.4, 0.5) is 10.5 Å². The molecule has 0 aromatic heterocycles. The van der Waals surface area contributed by atoms with Crippen LogP contribution in [0.1, 0.15) is 25.8 Å². The molecule has 20 heavy (non-hydrogen) atoms. The molecule has 1 unspecified atom stereocenters. The van der Waals surface area contributed by atoms with Crippen LogP contribution in [0, 0.1) is 12.3 Å². The van der Waals surface area contributed by atoms with Gasteiger partial charge in [0, 0.05) is 17.3 Å². The average Bonchev–Trinajstić information content (AvgIpc) is 2.40. The predicted octanol–water partition coefficient (Wildman–Crippen LogP) is 3.27. The summed E-state index contributed by atoms with van der Waals surface area (Å²) in [7, 11) is 0. The number of halogens is 1. The van der Waals surface area contributed by atoms with E-state index in [0.717, 1.165) is 5.56 Å². The van der Waals surface area contributed by atoms with Crippen molar-refractivity contribution in [2.45, 2.75) is 27.2 Å². The summed E-state index contributed by atoms with van der Waals surface area (Å²) in [6, 6.07) is 4.73. The fourth-order valence-electron chi connectivity index (χ4n) is 1.52. The zero-order valence-corrected chi connectivity index (χ0v) is 12.5. The largest absolute Gasteiger partial charge is 0.481 e. The average molecular weight is 299 g/mol. The molecule has 0 aliphatic carbocycles. The predicted molar refractivity (Wildman–Crippen MR) is 79.2 cm³/mol. The second-order valence-electron chi connectivity index (χ2n) is 4.99. The molecule has 1 aromatic carbocycles. The van der Waals surface area contributed by atoms with Gasteiger partial charge in [-0.25, -0.2) is 4.79 Å². The second kappa shape index (κ2) is 6.61. The number of aryl methyl sites for hydroxylation is 1. The molecule has 5 nitrogen and oxygen atoms in total. The minimum absolute atomic E-state index is 0.0598. The van der Waals surface area contributed by atoms with Gasteiger partial charge in [0.2, 0.25) is 0 Å². The molecule has 1 aromatic rings. The van der Waals surface area contributed by atoms with Gasteiger partial charge in [0.1, 0.15) is 0 Å². The molecule has 0 aliphatic heterocycles. The van der Waals surface area contributed by atoms with Crippen LogP contribution in [0.25, 0.3) is 0 Å². The number of carbonyl (C=O) groups is 2. The molecule has 0 saturated heterocycles. The molecule has 6 heteroatoms. The van der Waals surface area contributed by atoms with Crippen molar-refractivity contribution in [2.24, 2.45) is 5.41 Å². The summed E-state index contributed by atoms with van der Waals surface area (Å²) in [4.78, 5) is 22.9. The van der Waals surface area contributed by atoms with Crippen molar-refractivity contribution in [1.29, 1.82) is 0 Å². The molecule has 0 saturated carbocycles. The number of carboxylic acid groups (broad SMARTS) is 1. The van der Waals surface area contributed by atoms with E-state index in [1.807, 2.05) is 6.92 Å². The first-order valence-corrected chi connectivity index (χ1v) is 6.70. The Morgan fingerprint density at radius 2 is 2.05 bits per heavy atom. The van der Waals surface area contributed by atoms with Crippen molar-refractivity contribution in [3.63, 3.8) is 0 Å². The Balaban J connectivity index is 2.65. The van der Waals surface area contributed by atoms with Crippen LogP contribution in [-0.2, 0) is 4.79 Å². The van der Waals surface area contributed by atoms with Gasteiger partial charge in [-0.05, 0) is 38.0 Å². The monoisotopic (exact) mass is 298 g/mol. The summed E-state index contributed by atoms with van der Waals surface area (Å²) in [6.45, 7) is 5.28. The third-order valence-electron chi connectivity index (χ3n) is 3.38. The summed E-state index contributed by atoms with van der Waals surface area (Å²) in [5.41, 5.74) is 0.505. The highest BCUT2D eigenvalue weighted by Gasteiger charge is 2.31. The van der Waals surface area contributed by atoms with Crippen LogP contribution in [0.2, 0.25) is 5.02 Å². The van der Waals surface area contributed by atoms with Gasteiger partial charge in [-0.2, -0.15) is 0 Å². The number of hydrogen-bond acceptors (Lipinski definition) is 2. The van der Waals surface area contributed by atoms with Gasteiger partial charge < -0.3 is 15.7 Å². The first kappa shape index (κ1) is 16.3. The minimum atomic E-state index is -0.972. The third-order valence-corrected chi connectivity index (χ3v) is 3.62. The first-order chi connectivity index (χ1) is 9.28. The maximum atomic E-state index is 11.8. The van der Waals surface area contributed by atoms with Crippen LogP contribution in [0.15, 0.2) is 18.2 Å². The summed E-state index contributed by atoms with van der Waals surface area (Å²) < 4.78 is 0.